The normalized spacial score (nSPS) is 20.9. The molecule has 2 amide bonds. The van der Waals surface area contributed by atoms with Crippen molar-refractivity contribution in [1.82, 2.24) is 10.2 Å². The summed E-state index contributed by atoms with van der Waals surface area (Å²) in [4.78, 5) is 35.7. The lowest BCUT2D eigenvalue weighted by molar-refractivity contribution is -0.149. The van der Waals surface area contributed by atoms with Gasteiger partial charge in [-0.1, -0.05) is 13.8 Å². The summed E-state index contributed by atoms with van der Waals surface area (Å²) in [5.41, 5.74) is 0. The highest BCUT2D eigenvalue weighted by Crippen LogP contribution is 2.23. The zero-order valence-corrected chi connectivity index (χ0v) is 11.5. The van der Waals surface area contributed by atoms with Gasteiger partial charge in [-0.3, -0.25) is 9.59 Å². The Morgan fingerprint density at radius 1 is 1.39 bits per heavy atom. The van der Waals surface area contributed by atoms with E-state index in [2.05, 4.69) is 5.32 Å². The van der Waals surface area contributed by atoms with E-state index in [4.69, 9.17) is 5.11 Å². The van der Waals surface area contributed by atoms with Gasteiger partial charge in [0.15, 0.2) is 0 Å². The maximum Gasteiger partial charge on any atom is 0.327 e. The molecule has 1 rings (SSSR count). The zero-order valence-electron chi connectivity index (χ0n) is 10.7. The molecule has 2 atom stereocenters. The predicted molar refractivity (Wildman–Crippen MR) is 68.0 cm³/mol. The third kappa shape index (κ3) is 3.38. The molecule has 0 aliphatic carbocycles. The zero-order chi connectivity index (χ0) is 13.9. The molecule has 0 aromatic rings. The van der Waals surface area contributed by atoms with Crippen LogP contribution in [-0.2, 0) is 14.4 Å². The van der Waals surface area contributed by atoms with Crippen LogP contribution in [0.2, 0.25) is 0 Å². The fourth-order valence-electron chi connectivity index (χ4n) is 1.78. The van der Waals surface area contributed by atoms with Crippen LogP contribution in [0.15, 0.2) is 0 Å². The molecule has 0 radical (unpaired) electrons. The second-order valence-corrected chi connectivity index (χ2v) is 5.58. The van der Waals surface area contributed by atoms with Crippen molar-refractivity contribution in [2.45, 2.75) is 32.9 Å². The molecule has 18 heavy (non-hydrogen) atoms. The quantitative estimate of drug-likeness (QED) is 0.761. The molecular weight excluding hydrogens is 256 g/mol. The molecule has 0 aromatic heterocycles. The number of amides is 2. The van der Waals surface area contributed by atoms with Crippen LogP contribution in [0.1, 0.15) is 20.8 Å². The number of hydrogen-bond donors (Lipinski definition) is 2. The number of carbonyl (C=O) groups excluding carboxylic acids is 2. The molecule has 1 aliphatic rings. The minimum absolute atomic E-state index is 0.0820. The van der Waals surface area contributed by atoms with Crippen molar-refractivity contribution in [3.05, 3.63) is 0 Å². The fraction of sp³-hybridized carbons (Fsp3) is 0.727. The van der Waals surface area contributed by atoms with Crippen molar-refractivity contribution in [3.63, 3.8) is 0 Å². The highest BCUT2D eigenvalue weighted by molar-refractivity contribution is 7.99. The van der Waals surface area contributed by atoms with Crippen LogP contribution in [0.5, 0.6) is 0 Å². The van der Waals surface area contributed by atoms with Crippen LogP contribution >= 0.6 is 11.8 Å². The first kappa shape index (κ1) is 14.8. The van der Waals surface area contributed by atoms with Gasteiger partial charge in [-0.2, -0.15) is 0 Å². The van der Waals surface area contributed by atoms with Gasteiger partial charge >= 0.3 is 5.97 Å². The highest BCUT2D eigenvalue weighted by atomic mass is 32.2. The summed E-state index contributed by atoms with van der Waals surface area (Å²) in [7, 11) is 0. The fourth-order valence-corrected chi connectivity index (χ4v) is 2.93. The van der Waals surface area contributed by atoms with Crippen LogP contribution in [0.25, 0.3) is 0 Å². The largest absolute Gasteiger partial charge is 0.480 e. The molecule has 2 N–H and O–H groups in total. The summed E-state index contributed by atoms with van der Waals surface area (Å²) in [6, 6.07) is -1.46. The maximum absolute atomic E-state index is 12.3. The van der Waals surface area contributed by atoms with E-state index in [0.717, 1.165) is 0 Å². The van der Waals surface area contributed by atoms with Crippen molar-refractivity contribution in [2.24, 2.45) is 5.92 Å². The third-order valence-electron chi connectivity index (χ3n) is 2.74. The molecule has 6 nitrogen and oxygen atoms in total. The molecule has 102 valence electrons. The second kappa shape index (κ2) is 6.08. The molecule has 1 saturated heterocycles. The van der Waals surface area contributed by atoms with Crippen LogP contribution < -0.4 is 5.32 Å². The molecule has 0 spiro atoms. The Bertz CT molecular complexity index is 355. The predicted octanol–water partition coefficient (Wildman–Crippen LogP) is 0.133. The molecule has 1 heterocycles. The molecule has 1 fully saturated rings. The first-order valence-electron chi connectivity index (χ1n) is 5.72. The van der Waals surface area contributed by atoms with Gasteiger partial charge < -0.3 is 15.3 Å². The number of aliphatic carboxylic acids is 1. The second-order valence-electron chi connectivity index (χ2n) is 4.58. The Labute approximate surface area is 110 Å². The van der Waals surface area contributed by atoms with Gasteiger partial charge in [0.05, 0.1) is 5.88 Å². The van der Waals surface area contributed by atoms with Gasteiger partial charge in [0.1, 0.15) is 12.1 Å². The smallest absolute Gasteiger partial charge is 0.327 e. The molecule has 7 heteroatoms. The molecule has 1 unspecified atom stereocenters. The van der Waals surface area contributed by atoms with Crippen LogP contribution in [0.4, 0.5) is 0 Å². The van der Waals surface area contributed by atoms with Crippen LogP contribution in [-0.4, -0.2) is 51.5 Å². The lowest BCUT2D eigenvalue weighted by Gasteiger charge is -2.28. The Morgan fingerprint density at radius 3 is 2.44 bits per heavy atom. The van der Waals surface area contributed by atoms with E-state index in [0.29, 0.717) is 11.6 Å². The van der Waals surface area contributed by atoms with Crippen molar-refractivity contribution >= 4 is 29.5 Å². The van der Waals surface area contributed by atoms with Crippen molar-refractivity contribution in [3.8, 4) is 0 Å². The molecule has 0 saturated carbocycles. The summed E-state index contributed by atoms with van der Waals surface area (Å²) in [6.45, 7) is 4.98. The lowest BCUT2D eigenvalue weighted by atomic mass is 10.0. The van der Waals surface area contributed by atoms with Gasteiger partial charge in [0.25, 0.3) is 0 Å². The Hall–Kier alpha value is -1.24. The number of carbonyl (C=O) groups is 3. The van der Waals surface area contributed by atoms with Crippen molar-refractivity contribution in [1.29, 1.82) is 0 Å². The Balaban J connectivity index is 2.82. The maximum atomic E-state index is 12.3. The van der Waals surface area contributed by atoms with Gasteiger partial charge in [-0.15, -0.1) is 11.8 Å². The third-order valence-corrected chi connectivity index (χ3v) is 3.75. The summed E-state index contributed by atoms with van der Waals surface area (Å²) in [5.74, 6) is -0.941. The molecule has 0 bridgehead atoms. The van der Waals surface area contributed by atoms with E-state index >= 15 is 0 Å². The number of hydrogen-bond acceptors (Lipinski definition) is 4. The van der Waals surface area contributed by atoms with E-state index < -0.39 is 18.1 Å². The average molecular weight is 274 g/mol. The minimum Gasteiger partial charge on any atom is -0.480 e. The van der Waals surface area contributed by atoms with E-state index in [1.54, 1.807) is 0 Å². The summed E-state index contributed by atoms with van der Waals surface area (Å²) < 4.78 is 0. The van der Waals surface area contributed by atoms with Gasteiger partial charge in [-0.05, 0) is 5.92 Å². The monoisotopic (exact) mass is 274 g/mol. The SMILES string of the molecule is CC(=O)NC(C(=O)N1CSC[C@H]1C(=O)O)C(C)C. The van der Waals surface area contributed by atoms with Gasteiger partial charge in [-0.25, -0.2) is 4.79 Å². The standard InChI is InChI=1S/C11H18N2O4S/c1-6(2)9(12-7(3)14)10(15)13-5-18-4-8(13)11(16)17/h6,8-9H,4-5H2,1-3H3,(H,12,14)(H,16,17)/t8-,9?/m0/s1. The lowest BCUT2D eigenvalue weighted by Crippen LogP contribution is -2.53. The van der Waals surface area contributed by atoms with Gasteiger partial charge in [0, 0.05) is 12.7 Å². The highest BCUT2D eigenvalue weighted by Gasteiger charge is 2.38. The molecule has 0 aromatic carbocycles. The molecular formula is C11H18N2O4S. The number of thioether (sulfide) groups is 1. The minimum atomic E-state index is -1.00. The summed E-state index contributed by atoms with van der Waals surface area (Å²) >= 11 is 1.41. The number of carboxylic acid groups (broad SMARTS) is 1. The first-order chi connectivity index (χ1) is 8.34. The number of nitrogens with zero attached hydrogens (tertiary/aromatic N) is 1. The Morgan fingerprint density at radius 2 is 2.00 bits per heavy atom. The number of carboxylic acids is 1. The van der Waals surface area contributed by atoms with E-state index in [9.17, 15) is 14.4 Å². The van der Waals surface area contributed by atoms with Gasteiger partial charge in [0.2, 0.25) is 11.8 Å². The first-order valence-corrected chi connectivity index (χ1v) is 6.88. The topological polar surface area (TPSA) is 86.7 Å². The average Bonchev–Trinajstić information content (AvgIpc) is 2.73. The summed E-state index contributed by atoms with van der Waals surface area (Å²) in [5, 5.41) is 11.6. The van der Waals surface area contributed by atoms with Crippen LogP contribution in [0.3, 0.4) is 0 Å². The summed E-state index contributed by atoms with van der Waals surface area (Å²) in [6.07, 6.45) is 0. The van der Waals surface area contributed by atoms with E-state index in [1.807, 2.05) is 13.8 Å². The van der Waals surface area contributed by atoms with Crippen molar-refractivity contribution < 1.29 is 19.5 Å². The Kier molecular flexibility index (Phi) is 5.01. The van der Waals surface area contributed by atoms with E-state index in [-0.39, 0.29) is 17.7 Å². The number of rotatable bonds is 4. The van der Waals surface area contributed by atoms with Crippen LogP contribution in [0, 0.1) is 5.92 Å². The molecule has 1 aliphatic heterocycles. The van der Waals surface area contributed by atoms with E-state index in [1.165, 1.54) is 23.6 Å². The number of nitrogens with one attached hydrogen (secondary N) is 1. The van der Waals surface area contributed by atoms with Crippen molar-refractivity contribution in [2.75, 3.05) is 11.6 Å².